The molecule has 1 atom stereocenters. The maximum Gasteiger partial charge on any atom is 0.407 e. The molecule has 158 valence electrons. The van der Waals surface area contributed by atoms with Crippen molar-refractivity contribution in [3.05, 3.63) is 0 Å². The van der Waals surface area contributed by atoms with Gasteiger partial charge in [0.05, 0.1) is 0 Å². The van der Waals surface area contributed by atoms with Crippen LogP contribution in [0.25, 0.3) is 0 Å². The molecule has 2 amide bonds. The summed E-state index contributed by atoms with van der Waals surface area (Å²) in [6.45, 7) is 13.4. The van der Waals surface area contributed by atoms with Crippen LogP contribution in [0.3, 0.4) is 0 Å². The Bertz CT molecular complexity index is 461. The number of amides is 2. The largest absolute Gasteiger partial charge is 0.444 e. The quantitative estimate of drug-likeness (QED) is 0.322. The van der Waals surface area contributed by atoms with E-state index in [1.165, 1.54) is 0 Å². The van der Waals surface area contributed by atoms with Crippen LogP contribution in [0.2, 0.25) is 0 Å². The summed E-state index contributed by atoms with van der Waals surface area (Å²) in [6, 6.07) is -0.00558. The van der Waals surface area contributed by atoms with Crippen LogP contribution in [0, 0.1) is 0 Å². The van der Waals surface area contributed by atoms with Crippen LogP contribution in [-0.4, -0.2) is 55.8 Å². The van der Waals surface area contributed by atoms with E-state index in [-0.39, 0.29) is 18.5 Å². The highest BCUT2D eigenvalue weighted by Gasteiger charge is 2.18. The lowest BCUT2D eigenvalue weighted by molar-refractivity contribution is -0.119. The molecule has 0 fully saturated rings. The Hall–Kier alpha value is -1.99. The minimum atomic E-state index is -0.529. The van der Waals surface area contributed by atoms with Crippen molar-refractivity contribution in [3.63, 3.8) is 0 Å². The minimum absolute atomic E-state index is 0.00558. The van der Waals surface area contributed by atoms with Gasteiger partial charge in [0.25, 0.3) is 0 Å². The van der Waals surface area contributed by atoms with Crippen LogP contribution in [0.4, 0.5) is 4.79 Å². The van der Waals surface area contributed by atoms with Crippen LogP contribution < -0.4 is 21.3 Å². The van der Waals surface area contributed by atoms with Crippen LogP contribution in [0.5, 0.6) is 0 Å². The molecular formula is C19H39N5O3. The molecule has 0 aromatic heterocycles. The van der Waals surface area contributed by atoms with Crippen molar-refractivity contribution >= 4 is 18.0 Å². The van der Waals surface area contributed by atoms with Crippen LogP contribution in [0.15, 0.2) is 4.99 Å². The lowest BCUT2D eigenvalue weighted by atomic mass is 10.1. The number of guanidine groups is 1. The number of hydrogen-bond donors (Lipinski definition) is 4. The third-order valence-electron chi connectivity index (χ3n) is 3.44. The second-order valence-electron chi connectivity index (χ2n) is 7.41. The molecule has 0 radical (unpaired) electrons. The van der Waals surface area contributed by atoms with Gasteiger partial charge in [-0.05, 0) is 40.5 Å². The highest BCUT2D eigenvalue weighted by atomic mass is 16.6. The van der Waals surface area contributed by atoms with Gasteiger partial charge in [-0.25, -0.2) is 9.79 Å². The van der Waals surface area contributed by atoms with Gasteiger partial charge in [0.15, 0.2) is 5.96 Å². The number of carbonyl (C=O) groups is 2. The summed E-state index contributed by atoms with van der Waals surface area (Å²) in [4.78, 5) is 28.0. The monoisotopic (exact) mass is 385 g/mol. The Kier molecular flexibility index (Phi) is 13.1. The number of hydrogen-bond acceptors (Lipinski definition) is 4. The molecule has 1 unspecified atom stereocenters. The zero-order chi connectivity index (χ0) is 20.7. The van der Waals surface area contributed by atoms with Crippen LogP contribution in [-0.2, 0) is 9.53 Å². The number of aliphatic imine (C=N–C) groups is 1. The summed E-state index contributed by atoms with van der Waals surface area (Å²) in [5.41, 5.74) is -0.529. The summed E-state index contributed by atoms with van der Waals surface area (Å²) < 4.78 is 5.28. The van der Waals surface area contributed by atoms with E-state index in [9.17, 15) is 9.59 Å². The van der Waals surface area contributed by atoms with E-state index in [0.717, 1.165) is 25.7 Å². The number of nitrogens with zero attached hydrogens (tertiary/aromatic N) is 1. The Morgan fingerprint density at radius 1 is 1.04 bits per heavy atom. The average Bonchev–Trinajstić information content (AvgIpc) is 2.58. The molecule has 0 aromatic carbocycles. The molecule has 0 rings (SSSR count). The maximum absolute atomic E-state index is 11.9. The summed E-state index contributed by atoms with van der Waals surface area (Å²) >= 11 is 0. The van der Waals surface area contributed by atoms with E-state index >= 15 is 0 Å². The van der Waals surface area contributed by atoms with Gasteiger partial charge in [0, 0.05) is 25.7 Å². The first-order valence-corrected chi connectivity index (χ1v) is 10.00. The van der Waals surface area contributed by atoms with Gasteiger partial charge in [-0.3, -0.25) is 4.79 Å². The maximum atomic E-state index is 11.9. The zero-order valence-corrected chi connectivity index (χ0v) is 17.9. The molecule has 8 nitrogen and oxygen atoms in total. The van der Waals surface area contributed by atoms with Crippen molar-refractivity contribution < 1.29 is 14.3 Å². The second-order valence-corrected chi connectivity index (χ2v) is 7.41. The highest BCUT2D eigenvalue weighted by molar-refractivity contribution is 5.85. The Morgan fingerprint density at radius 2 is 1.74 bits per heavy atom. The third-order valence-corrected chi connectivity index (χ3v) is 3.44. The molecule has 4 N–H and O–H groups in total. The summed E-state index contributed by atoms with van der Waals surface area (Å²) in [7, 11) is 0. The molecule has 0 heterocycles. The number of carbonyl (C=O) groups excluding carboxylic acids is 2. The first-order chi connectivity index (χ1) is 12.7. The Morgan fingerprint density at radius 3 is 2.30 bits per heavy atom. The molecule has 8 heteroatoms. The number of nitrogens with one attached hydrogen (secondary N) is 4. The Balaban J connectivity index is 4.76. The van der Waals surface area contributed by atoms with Crippen molar-refractivity contribution in [3.8, 4) is 0 Å². The van der Waals surface area contributed by atoms with Gasteiger partial charge in [0.2, 0.25) is 5.91 Å². The molecule has 0 aromatic rings. The van der Waals surface area contributed by atoms with Gasteiger partial charge in [-0.1, -0.05) is 26.7 Å². The summed E-state index contributed by atoms with van der Waals surface area (Å²) in [5, 5.41) is 12.1. The van der Waals surface area contributed by atoms with E-state index in [4.69, 9.17) is 4.74 Å². The summed E-state index contributed by atoms with van der Waals surface area (Å²) in [6.07, 6.45) is 3.40. The fraction of sp³-hybridized carbons (Fsp3) is 0.842. The smallest absolute Gasteiger partial charge is 0.407 e. The Labute approximate surface area is 164 Å². The molecule has 0 saturated carbocycles. The molecule has 0 spiro atoms. The van der Waals surface area contributed by atoms with E-state index in [0.29, 0.717) is 25.6 Å². The van der Waals surface area contributed by atoms with E-state index in [2.05, 4.69) is 33.2 Å². The van der Waals surface area contributed by atoms with Crippen molar-refractivity contribution in [1.29, 1.82) is 0 Å². The molecule has 0 aliphatic heterocycles. The minimum Gasteiger partial charge on any atom is -0.444 e. The normalized spacial score (nSPS) is 12.9. The van der Waals surface area contributed by atoms with Gasteiger partial charge < -0.3 is 26.0 Å². The second kappa shape index (κ2) is 14.1. The van der Waals surface area contributed by atoms with E-state index < -0.39 is 11.7 Å². The van der Waals surface area contributed by atoms with Crippen molar-refractivity contribution in [2.75, 3.05) is 26.2 Å². The fourth-order valence-corrected chi connectivity index (χ4v) is 2.18. The molecule has 0 bridgehead atoms. The van der Waals surface area contributed by atoms with Gasteiger partial charge in [-0.2, -0.15) is 0 Å². The van der Waals surface area contributed by atoms with Gasteiger partial charge >= 0.3 is 6.09 Å². The number of unbranched alkanes of at least 4 members (excludes halogenated alkanes) is 1. The highest BCUT2D eigenvalue weighted by Crippen LogP contribution is 2.07. The van der Waals surface area contributed by atoms with Crippen LogP contribution in [0.1, 0.15) is 67.2 Å². The topological polar surface area (TPSA) is 104 Å². The summed E-state index contributed by atoms with van der Waals surface area (Å²) in [5.74, 6) is 0.460. The molecular weight excluding hydrogens is 346 g/mol. The number of alkyl carbamates (subject to hydrolysis) is 1. The van der Waals surface area contributed by atoms with Crippen molar-refractivity contribution in [2.45, 2.75) is 78.9 Å². The van der Waals surface area contributed by atoms with Crippen molar-refractivity contribution in [1.82, 2.24) is 21.3 Å². The predicted molar refractivity (Wildman–Crippen MR) is 110 cm³/mol. The molecule has 0 aliphatic rings. The average molecular weight is 386 g/mol. The zero-order valence-electron chi connectivity index (χ0n) is 17.9. The first-order valence-electron chi connectivity index (χ1n) is 10.00. The third kappa shape index (κ3) is 14.8. The number of rotatable bonds is 11. The number of ether oxygens (including phenoxy) is 1. The first kappa shape index (κ1) is 25.0. The van der Waals surface area contributed by atoms with E-state index in [1.807, 2.05) is 34.6 Å². The van der Waals surface area contributed by atoms with Crippen LogP contribution >= 0.6 is 0 Å². The predicted octanol–water partition coefficient (Wildman–Crippen LogP) is 2.15. The van der Waals surface area contributed by atoms with Gasteiger partial charge in [0.1, 0.15) is 12.1 Å². The van der Waals surface area contributed by atoms with Gasteiger partial charge in [-0.15, -0.1) is 0 Å². The van der Waals surface area contributed by atoms with Crippen molar-refractivity contribution in [2.24, 2.45) is 4.99 Å². The SMILES string of the molecule is CCCCC(CNC(=O)OC(C)(C)C)NC(=NCC(=O)NCCC)NCC. The lowest BCUT2D eigenvalue weighted by Gasteiger charge is -2.24. The van der Waals surface area contributed by atoms with E-state index in [1.54, 1.807) is 0 Å². The standard InChI is InChI=1S/C19H39N5O3/c1-7-10-11-15(13-23-18(26)27-19(4,5)6)24-17(20-9-3)22-14-16(25)21-12-8-2/h15H,7-14H2,1-6H3,(H,21,25)(H,23,26)(H2,20,22,24). The fourth-order valence-electron chi connectivity index (χ4n) is 2.18. The molecule has 27 heavy (non-hydrogen) atoms. The lowest BCUT2D eigenvalue weighted by Crippen LogP contribution is -2.49. The molecule has 0 aliphatic carbocycles. The molecule has 0 saturated heterocycles.